The van der Waals surface area contributed by atoms with Gasteiger partial charge in [0.1, 0.15) is 5.54 Å². The van der Waals surface area contributed by atoms with Crippen molar-refractivity contribution in [2.45, 2.75) is 62.3 Å². The summed E-state index contributed by atoms with van der Waals surface area (Å²) in [6.07, 6.45) is 8.02. The maximum absolute atomic E-state index is 13.3. The van der Waals surface area contributed by atoms with Crippen molar-refractivity contribution in [1.82, 2.24) is 9.21 Å². The molecule has 1 aromatic rings. The molecule has 2 aliphatic heterocycles. The number of anilines is 1. The summed E-state index contributed by atoms with van der Waals surface area (Å²) in [6.45, 7) is 1.50. The molecule has 7 nitrogen and oxygen atoms in total. The van der Waals surface area contributed by atoms with Crippen LogP contribution in [0.5, 0.6) is 0 Å². The molecule has 1 amide bonds. The van der Waals surface area contributed by atoms with Crippen molar-refractivity contribution >= 4 is 21.8 Å². The molecule has 2 saturated heterocycles. The van der Waals surface area contributed by atoms with E-state index in [-0.39, 0.29) is 12.0 Å². The Morgan fingerprint density at radius 1 is 1.07 bits per heavy atom. The van der Waals surface area contributed by atoms with Crippen LogP contribution in [0.2, 0.25) is 0 Å². The minimum Gasteiger partial charge on any atom is -0.368 e. The summed E-state index contributed by atoms with van der Waals surface area (Å²) in [5.41, 5.74) is 6.69. The third kappa shape index (κ3) is 3.42. The molecular weight excluding hydrogens is 400 g/mol. The normalized spacial score (nSPS) is 28.0. The van der Waals surface area contributed by atoms with E-state index in [9.17, 15) is 13.2 Å². The maximum atomic E-state index is 13.3. The summed E-state index contributed by atoms with van der Waals surface area (Å²) in [6, 6.07) is 8.02. The zero-order valence-electron chi connectivity index (χ0n) is 18.1. The highest BCUT2D eigenvalue weighted by atomic mass is 32.2. The molecule has 4 rings (SSSR count). The van der Waals surface area contributed by atoms with Gasteiger partial charge in [0.2, 0.25) is 5.91 Å². The highest BCUT2D eigenvalue weighted by Crippen LogP contribution is 2.45. The van der Waals surface area contributed by atoms with Gasteiger partial charge in [-0.15, -0.1) is 0 Å². The van der Waals surface area contributed by atoms with Gasteiger partial charge < -0.3 is 10.6 Å². The molecule has 0 aromatic heterocycles. The Morgan fingerprint density at radius 3 is 2.27 bits per heavy atom. The van der Waals surface area contributed by atoms with Crippen molar-refractivity contribution in [1.29, 1.82) is 0 Å². The van der Waals surface area contributed by atoms with Crippen LogP contribution in [0.4, 0.5) is 5.69 Å². The number of nitrogens with zero attached hydrogens (tertiary/aromatic N) is 3. The zero-order chi connectivity index (χ0) is 21.6. The summed E-state index contributed by atoms with van der Waals surface area (Å²) in [5, 5.41) is 0. The summed E-state index contributed by atoms with van der Waals surface area (Å²) < 4.78 is 29.2. The minimum atomic E-state index is -3.75. The van der Waals surface area contributed by atoms with Crippen molar-refractivity contribution < 1.29 is 13.2 Å². The Hall–Kier alpha value is -1.64. The molecule has 166 valence electrons. The van der Waals surface area contributed by atoms with E-state index < -0.39 is 21.7 Å². The number of hydrogen-bond acceptors (Lipinski definition) is 4. The van der Waals surface area contributed by atoms with E-state index in [2.05, 4.69) is 31.1 Å². The standard InChI is InChI=1S/C22H34N4O3S/c1-24(2)16-14-21(11-3-4-12-21)18-7-9-19(10-8-18)25-17-22(20(23)27)13-5-6-15-26(22)30(25,28)29/h7-10H,3-6,11-17H2,1-2H3,(H2,23,27)/t22-/m1/s1. The number of nitrogens with two attached hydrogens (primary N) is 1. The van der Waals surface area contributed by atoms with E-state index in [1.54, 1.807) is 0 Å². The van der Waals surface area contributed by atoms with E-state index in [0.29, 0.717) is 18.7 Å². The van der Waals surface area contributed by atoms with E-state index in [0.717, 1.165) is 25.8 Å². The number of carbonyl (C=O) groups excluding carboxylic acids is 1. The van der Waals surface area contributed by atoms with Crippen molar-refractivity contribution in [3.05, 3.63) is 29.8 Å². The van der Waals surface area contributed by atoms with E-state index >= 15 is 0 Å². The number of primary amides is 1. The highest BCUT2D eigenvalue weighted by molar-refractivity contribution is 7.90. The second-order valence-electron chi connectivity index (χ2n) is 9.53. The maximum Gasteiger partial charge on any atom is 0.305 e. The lowest BCUT2D eigenvalue weighted by Crippen LogP contribution is -2.58. The first-order valence-electron chi connectivity index (χ1n) is 11.1. The molecule has 1 aliphatic carbocycles. The Kier molecular flexibility index (Phi) is 5.61. The van der Waals surface area contributed by atoms with Crippen LogP contribution in [0.3, 0.4) is 0 Å². The quantitative estimate of drug-likeness (QED) is 0.744. The number of rotatable bonds is 6. The van der Waals surface area contributed by atoms with Gasteiger partial charge in [-0.1, -0.05) is 25.0 Å². The predicted molar refractivity (Wildman–Crippen MR) is 119 cm³/mol. The molecule has 0 radical (unpaired) electrons. The first-order valence-corrected chi connectivity index (χ1v) is 12.5. The number of carbonyl (C=O) groups is 1. The molecule has 30 heavy (non-hydrogen) atoms. The van der Waals surface area contributed by atoms with Crippen LogP contribution in [0.1, 0.15) is 56.9 Å². The molecule has 8 heteroatoms. The fourth-order valence-electron chi connectivity index (χ4n) is 5.65. The van der Waals surface area contributed by atoms with Crippen LogP contribution in [-0.2, 0) is 20.4 Å². The van der Waals surface area contributed by atoms with Crippen LogP contribution in [0.25, 0.3) is 0 Å². The first-order chi connectivity index (χ1) is 14.2. The monoisotopic (exact) mass is 434 g/mol. The lowest BCUT2D eigenvalue weighted by atomic mass is 9.76. The van der Waals surface area contributed by atoms with Crippen LogP contribution in [-0.4, -0.2) is 62.8 Å². The Bertz CT molecular complexity index is 893. The largest absolute Gasteiger partial charge is 0.368 e. The van der Waals surface area contributed by atoms with Gasteiger partial charge in [0.15, 0.2) is 0 Å². The summed E-state index contributed by atoms with van der Waals surface area (Å²) in [5.74, 6) is -0.543. The van der Waals surface area contributed by atoms with Crippen LogP contribution in [0.15, 0.2) is 24.3 Å². The van der Waals surface area contributed by atoms with Gasteiger partial charge >= 0.3 is 10.2 Å². The second kappa shape index (κ2) is 7.80. The molecule has 0 bridgehead atoms. The van der Waals surface area contributed by atoms with Gasteiger partial charge in [-0.05, 0) is 82.3 Å². The van der Waals surface area contributed by atoms with Gasteiger partial charge in [0.25, 0.3) is 0 Å². The molecule has 3 aliphatic rings. The lowest BCUT2D eigenvalue weighted by Gasteiger charge is -2.35. The third-order valence-corrected chi connectivity index (χ3v) is 9.45. The van der Waals surface area contributed by atoms with E-state index in [1.807, 2.05) is 12.1 Å². The van der Waals surface area contributed by atoms with E-state index in [1.165, 1.54) is 39.9 Å². The number of fused-ring (bicyclic) bond motifs is 1. The summed E-state index contributed by atoms with van der Waals surface area (Å²) in [7, 11) is 0.455. The fourth-order valence-corrected chi connectivity index (χ4v) is 7.69. The van der Waals surface area contributed by atoms with Gasteiger partial charge in [-0.3, -0.25) is 9.10 Å². The smallest absolute Gasteiger partial charge is 0.305 e. The molecular formula is C22H34N4O3S. The van der Waals surface area contributed by atoms with Gasteiger partial charge in [0.05, 0.1) is 12.2 Å². The molecule has 2 N–H and O–H groups in total. The number of piperidine rings is 1. The number of benzene rings is 1. The molecule has 3 fully saturated rings. The van der Waals surface area contributed by atoms with Crippen molar-refractivity contribution in [3.63, 3.8) is 0 Å². The average molecular weight is 435 g/mol. The fraction of sp³-hybridized carbons (Fsp3) is 0.682. The van der Waals surface area contributed by atoms with Gasteiger partial charge in [0, 0.05) is 6.54 Å². The minimum absolute atomic E-state index is 0.107. The third-order valence-electron chi connectivity index (χ3n) is 7.47. The Balaban J connectivity index is 1.63. The van der Waals surface area contributed by atoms with Gasteiger partial charge in [-0.25, -0.2) is 0 Å². The Morgan fingerprint density at radius 2 is 1.70 bits per heavy atom. The van der Waals surface area contributed by atoms with Crippen LogP contribution in [0, 0.1) is 0 Å². The van der Waals surface area contributed by atoms with Crippen molar-refractivity contribution in [2.24, 2.45) is 5.73 Å². The van der Waals surface area contributed by atoms with E-state index in [4.69, 9.17) is 5.73 Å². The SMILES string of the molecule is CN(C)CCC1(c2ccc(N3C[C@@]4(C(N)=O)CCCCN4S3(=O)=O)cc2)CCCC1. The molecule has 0 unspecified atom stereocenters. The number of amides is 1. The predicted octanol–water partition coefficient (Wildman–Crippen LogP) is 2.22. The van der Waals surface area contributed by atoms with Crippen molar-refractivity contribution in [2.75, 3.05) is 38.0 Å². The molecule has 1 saturated carbocycles. The molecule has 2 heterocycles. The molecule has 1 atom stereocenters. The van der Waals surface area contributed by atoms with Gasteiger partial charge in [-0.2, -0.15) is 12.7 Å². The second-order valence-corrected chi connectivity index (χ2v) is 11.3. The zero-order valence-corrected chi connectivity index (χ0v) is 19.0. The summed E-state index contributed by atoms with van der Waals surface area (Å²) >= 11 is 0. The van der Waals surface area contributed by atoms with Crippen LogP contribution < -0.4 is 10.0 Å². The summed E-state index contributed by atoms with van der Waals surface area (Å²) in [4.78, 5) is 14.5. The lowest BCUT2D eigenvalue weighted by molar-refractivity contribution is -0.127. The topological polar surface area (TPSA) is 86.9 Å². The first kappa shape index (κ1) is 21.6. The van der Waals surface area contributed by atoms with Crippen molar-refractivity contribution in [3.8, 4) is 0 Å². The molecule has 1 aromatic carbocycles. The molecule has 0 spiro atoms. The van der Waals surface area contributed by atoms with Crippen LogP contribution >= 0.6 is 0 Å². The average Bonchev–Trinajstić information content (AvgIpc) is 3.29. The highest BCUT2D eigenvalue weighted by Gasteiger charge is 2.59. The Labute approximate surface area is 180 Å². The number of hydrogen-bond donors (Lipinski definition) is 1.